The predicted molar refractivity (Wildman–Crippen MR) is 127 cm³/mol. The molecule has 1 atom stereocenters. The van der Waals surface area contributed by atoms with Crippen LogP contribution in [0.4, 0.5) is 32.2 Å². The maximum absolute atomic E-state index is 13.0. The number of alkyl halides is 6. The predicted octanol–water partition coefficient (Wildman–Crippen LogP) is 5.37. The molecule has 1 aromatic carbocycles. The van der Waals surface area contributed by atoms with E-state index in [1.54, 1.807) is 0 Å². The molecule has 1 aliphatic heterocycles. The van der Waals surface area contributed by atoms with Gasteiger partial charge in [0, 0.05) is 31.0 Å². The molecule has 1 unspecified atom stereocenters. The summed E-state index contributed by atoms with van der Waals surface area (Å²) in [7, 11) is 0. The molecule has 8 nitrogen and oxygen atoms in total. The van der Waals surface area contributed by atoms with Gasteiger partial charge in [0.25, 0.3) is 0 Å². The number of benzene rings is 1. The van der Waals surface area contributed by atoms with Crippen molar-refractivity contribution in [3.05, 3.63) is 70.5 Å². The van der Waals surface area contributed by atoms with E-state index in [1.807, 2.05) is 12.1 Å². The smallest absolute Gasteiger partial charge is 0.386 e. The quantitative estimate of drug-likeness (QED) is 0.208. The number of ether oxygens (including phenoxy) is 1. The number of carbonyl (C=O) groups excluding carboxylic acids is 2. The number of aromatic nitrogens is 3. The van der Waals surface area contributed by atoms with Gasteiger partial charge < -0.3 is 14.6 Å². The largest absolute Gasteiger partial charge is 0.491 e. The lowest BCUT2D eigenvalue weighted by Crippen LogP contribution is -2.28. The zero-order valence-corrected chi connectivity index (χ0v) is 20.9. The molecule has 0 amide bonds. The standard InChI is InChI=1S/C26H24F6N4O4/c27-25(28,29)18-9-6-15(7-10-18)17(14-22(37)39-24(38)26(30,31)32)13-21-35-20(36-40-21)5-1-4-19-11-8-16-3-2-12-33-23(16)34-19/h6-11,17H,1-5,12-14H2,(H,33,34). The van der Waals surface area contributed by atoms with Gasteiger partial charge in [-0.15, -0.1) is 0 Å². The minimum Gasteiger partial charge on any atom is -0.386 e. The molecule has 0 saturated carbocycles. The summed E-state index contributed by atoms with van der Waals surface area (Å²) < 4.78 is 85.4. The molecule has 0 fully saturated rings. The van der Waals surface area contributed by atoms with Crippen LogP contribution in [0.3, 0.4) is 0 Å². The van der Waals surface area contributed by atoms with Crippen LogP contribution in [-0.2, 0) is 46.2 Å². The number of pyridine rings is 1. The first-order valence-corrected chi connectivity index (χ1v) is 12.4. The lowest BCUT2D eigenvalue weighted by molar-refractivity contribution is -0.202. The Morgan fingerprint density at radius 3 is 2.45 bits per heavy atom. The van der Waals surface area contributed by atoms with E-state index in [2.05, 4.69) is 25.2 Å². The van der Waals surface area contributed by atoms with Gasteiger partial charge in [0.2, 0.25) is 5.89 Å². The normalized spacial score (nSPS) is 14.2. The van der Waals surface area contributed by atoms with Crippen molar-refractivity contribution in [3.8, 4) is 0 Å². The first-order chi connectivity index (χ1) is 18.9. The molecular formula is C26H24F6N4O4. The van der Waals surface area contributed by atoms with Crippen LogP contribution in [-0.4, -0.2) is 39.8 Å². The lowest BCUT2D eigenvalue weighted by Gasteiger charge is -2.17. The van der Waals surface area contributed by atoms with Crippen LogP contribution in [0.25, 0.3) is 0 Å². The molecule has 3 aromatic rings. The fourth-order valence-corrected chi connectivity index (χ4v) is 4.28. The van der Waals surface area contributed by atoms with Gasteiger partial charge in [0.05, 0.1) is 12.0 Å². The maximum Gasteiger partial charge on any atom is 0.491 e. The number of nitrogens with one attached hydrogen (secondary N) is 1. The minimum atomic E-state index is -5.38. The Morgan fingerprint density at radius 1 is 1.00 bits per heavy atom. The van der Waals surface area contributed by atoms with Crippen molar-refractivity contribution in [1.29, 1.82) is 0 Å². The summed E-state index contributed by atoms with van der Waals surface area (Å²) in [5.41, 5.74) is 1.29. The monoisotopic (exact) mass is 570 g/mol. The van der Waals surface area contributed by atoms with Crippen LogP contribution in [0, 0.1) is 0 Å². The Kier molecular flexibility index (Phi) is 8.74. The highest BCUT2D eigenvalue weighted by Crippen LogP contribution is 2.32. The number of fused-ring (bicyclic) bond motifs is 1. The van der Waals surface area contributed by atoms with Crippen molar-refractivity contribution >= 4 is 17.8 Å². The second-order valence-electron chi connectivity index (χ2n) is 9.28. The molecule has 3 heterocycles. The molecule has 40 heavy (non-hydrogen) atoms. The zero-order valence-electron chi connectivity index (χ0n) is 20.9. The molecule has 214 valence electrons. The average Bonchev–Trinajstić information content (AvgIpc) is 3.34. The van der Waals surface area contributed by atoms with E-state index in [0.717, 1.165) is 55.2 Å². The van der Waals surface area contributed by atoms with Gasteiger partial charge in [-0.3, -0.25) is 4.79 Å². The third-order valence-corrected chi connectivity index (χ3v) is 6.28. The Bertz CT molecular complexity index is 1340. The van der Waals surface area contributed by atoms with Gasteiger partial charge in [-0.25, -0.2) is 9.78 Å². The molecule has 14 heteroatoms. The Hall–Kier alpha value is -3.97. The van der Waals surface area contributed by atoms with E-state index in [-0.39, 0.29) is 17.9 Å². The third kappa shape index (κ3) is 7.79. The summed E-state index contributed by atoms with van der Waals surface area (Å²) in [6.45, 7) is 0.874. The Balaban J connectivity index is 1.40. The van der Waals surface area contributed by atoms with E-state index in [0.29, 0.717) is 25.1 Å². The first kappa shape index (κ1) is 29.0. The molecule has 2 aromatic heterocycles. The van der Waals surface area contributed by atoms with Crippen molar-refractivity contribution in [2.75, 3.05) is 11.9 Å². The van der Waals surface area contributed by atoms with Gasteiger partial charge in [0.1, 0.15) is 5.82 Å². The first-order valence-electron chi connectivity index (χ1n) is 12.4. The summed E-state index contributed by atoms with van der Waals surface area (Å²) in [5, 5.41) is 7.16. The summed E-state index contributed by atoms with van der Waals surface area (Å²) >= 11 is 0. The number of rotatable bonds is 9. The Morgan fingerprint density at radius 2 is 1.75 bits per heavy atom. The fraction of sp³-hybridized carbons (Fsp3) is 0.423. The number of carbonyl (C=O) groups is 2. The van der Waals surface area contributed by atoms with Crippen LogP contribution in [0.2, 0.25) is 0 Å². The van der Waals surface area contributed by atoms with Crippen LogP contribution in [0.5, 0.6) is 0 Å². The number of hydrogen-bond donors (Lipinski definition) is 1. The van der Waals surface area contributed by atoms with Crippen LogP contribution in [0.1, 0.15) is 59.3 Å². The number of hydrogen-bond acceptors (Lipinski definition) is 8. The van der Waals surface area contributed by atoms with E-state index in [4.69, 9.17) is 4.52 Å². The molecule has 4 rings (SSSR count). The van der Waals surface area contributed by atoms with Crippen molar-refractivity contribution in [3.63, 3.8) is 0 Å². The van der Waals surface area contributed by atoms with Gasteiger partial charge in [0.15, 0.2) is 5.82 Å². The highest BCUT2D eigenvalue weighted by atomic mass is 19.4. The zero-order chi connectivity index (χ0) is 28.9. The summed E-state index contributed by atoms with van der Waals surface area (Å²) in [4.78, 5) is 32.0. The molecular weight excluding hydrogens is 546 g/mol. The second kappa shape index (κ2) is 12.0. The number of anilines is 1. The molecule has 0 aliphatic carbocycles. The van der Waals surface area contributed by atoms with Gasteiger partial charge >= 0.3 is 24.3 Å². The van der Waals surface area contributed by atoms with Crippen molar-refractivity contribution in [2.24, 2.45) is 0 Å². The molecule has 1 aliphatic rings. The number of aryl methyl sites for hydroxylation is 3. The number of nitrogens with zero attached hydrogens (tertiary/aromatic N) is 3. The number of esters is 2. The Labute approximate surface area is 224 Å². The molecule has 0 spiro atoms. The highest BCUT2D eigenvalue weighted by Gasteiger charge is 2.42. The highest BCUT2D eigenvalue weighted by molar-refractivity contribution is 5.88. The van der Waals surface area contributed by atoms with Gasteiger partial charge in [-0.2, -0.15) is 31.3 Å². The van der Waals surface area contributed by atoms with E-state index >= 15 is 0 Å². The fourth-order valence-electron chi connectivity index (χ4n) is 4.28. The maximum atomic E-state index is 13.0. The van der Waals surface area contributed by atoms with E-state index < -0.39 is 42.2 Å². The summed E-state index contributed by atoms with van der Waals surface area (Å²) in [5.74, 6) is -3.95. The van der Waals surface area contributed by atoms with Crippen molar-refractivity contribution in [2.45, 2.75) is 63.2 Å². The minimum absolute atomic E-state index is 0.0194. The van der Waals surface area contributed by atoms with Crippen LogP contribution in [0.15, 0.2) is 40.9 Å². The summed E-state index contributed by atoms with van der Waals surface area (Å²) in [6, 6.07) is 7.74. The topological polar surface area (TPSA) is 107 Å². The SMILES string of the molecule is O=C(CC(Cc1nc(CCCc2ccc3c(n2)NCCC3)no1)c1ccc(C(F)(F)F)cc1)OC(=O)C(F)(F)F. The van der Waals surface area contributed by atoms with Crippen molar-refractivity contribution in [1.82, 2.24) is 15.1 Å². The molecule has 0 bridgehead atoms. The lowest BCUT2D eigenvalue weighted by atomic mass is 9.91. The van der Waals surface area contributed by atoms with Gasteiger partial charge in [-0.1, -0.05) is 23.4 Å². The summed E-state index contributed by atoms with van der Waals surface area (Å²) in [6.07, 6.45) is -7.20. The van der Waals surface area contributed by atoms with Crippen molar-refractivity contribution < 1.29 is 45.2 Å². The third-order valence-electron chi connectivity index (χ3n) is 6.28. The molecule has 1 N–H and O–H groups in total. The second-order valence-corrected chi connectivity index (χ2v) is 9.28. The molecule has 0 saturated heterocycles. The van der Waals surface area contributed by atoms with Gasteiger partial charge in [-0.05, 0) is 55.0 Å². The van der Waals surface area contributed by atoms with E-state index in [1.165, 1.54) is 5.56 Å². The number of halogens is 6. The van der Waals surface area contributed by atoms with Crippen LogP contribution >= 0.6 is 0 Å². The molecule has 0 radical (unpaired) electrons. The van der Waals surface area contributed by atoms with Crippen LogP contribution < -0.4 is 5.32 Å². The average molecular weight is 570 g/mol. The van der Waals surface area contributed by atoms with E-state index in [9.17, 15) is 35.9 Å².